The molecule has 0 amide bonds. The van der Waals surface area contributed by atoms with E-state index in [2.05, 4.69) is 14.8 Å². The molecule has 7 nitrogen and oxygen atoms in total. The molecule has 1 aromatic carbocycles. The fourth-order valence-electron chi connectivity index (χ4n) is 1.30. The average molecular weight is 265 g/mol. The number of hydrogen-bond acceptors (Lipinski definition) is 5. The predicted molar refractivity (Wildman–Crippen MR) is 68.1 cm³/mol. The van der Waals surface area contributed by atoms with Gasteiger partial charge >= 0.3 is 5.97 Å². The Morgan fingerprint density at radius 3 is 2.95 bits per heavy atom. The summed E-state index contributed by atoms with van der Waals surface area (Å²) in [6, 6.07) is 6.71. The third-order valence-electron chi connectivity index (χ3n) is 2.15. The number of nitrogens with zero attached hydrogens (tertiary/aromatic N) is 3. The minimum absolute atomic E-state index is 0.300. The van der Waals surface area contributed by atoms with Crippen LogP contribution in [0.4, 0.5) is 0 Å². The Labute approximate surface area is 110 Å². The molecule has 1 aromatic rings. The van der Waals surface area contributed by atoms with Gasteiger partial charge in [-0.1, -0.05) is 11.2 Å². The zero-order valence-electron chi connectivity index (χ0n) is 10.6. The van der Waals surface area contributed by atoms with Crippen LogP contribution in [0.15, 0.2) is 29.4 Å². The van der Waals surface area contributed by atoms with Crippen LogP contribution in [-0.4, -0.2) is 39.4 Å². The van der Waals surface area contributed by atoms with Crippen LogP contribution >= 0.6 is 0 Å². The SMILES string of the molecule is COC(=O)c1cccc(OCCOCCN=[N+]=[N-])c1. The Hall–Kier alpha value is -2.24. The predicted octanol–water partition coefficient (Wildman–Crippen LogP) is 2.18. The van der Waals surface area contributed by atoms with Gasteiger partial charge in [0, 0.05) is 11.5 Å². The molecule has 0 aliphatic rings. The van der Waals surface area contributed by atoms with Crippen LogP contribution in [-0.2, 0) is 9.47 Å². The number of methoxy groups -OCH3 is 1. The molecule has 0 spiro atoms. The number of rotatable bonds is 8. The maximum absolute atomic E-state index is 11.3. The van der Waals surface area contributed by atoms with Gasteiger partial charge < -0.3 is 14.2 Å². The summed E-state index contributed by atoms with van der Waals surface area (Å²) in [4.78, 5) is 13.9. The smallest absolute Gasteiger partial charge is 0.337 e. The Bertz CT molecular complexity index is 458. The Kier molecular flexibility index (Phi) is 6.86. The normalized spacial score (nSPS) is 9.53. The Morgan fingerprint density at radius 2 is 2.21 bits per heavy atom. The molecule has 0 N–H and O–H groups in total. The van der Waals surface area contributed by atoms with Crippen molar-refractivity contribution in [1.29, 1.82) is 0 Å². The molecule has 0 heterocycles. The number of esters is 1. The van der Waals surface area contributed by atoms with E-state index in [9.17, 15) is 4.79 Å². The number of hydrogen-bond donors (Lipinski definition) is 0. The lowest BCUT2D eigenvalue weighted by Crippen LogP contribution is -2.09. The van der Waals surface area contributed by atoms with Crippen LogP contribution in [0.3, 0.4) is 0 Å². The van der Waals surface area contributed by atoms with Crippen LogP contribution in [0.5, 0.6) is 5.75 Å². The van der Waals surface area contributed by atoms with Gasteiger partial charge in [0.25, 0.3) is 0 Å². The summed E-state index contributed by atoms with van der Waals surface area (Å²) in [6.45, 7) is 1.38. The first-order valence-corrected chi connectivity index (χ1v) is 5.67. The molecule has 0 saturated heterocycles. The molecule has 0 aliphatic carbocycles. The van der Waals surface area contributed by atoms with E-state index in [0.29, 0.717) is 37.7 Å². The maximum Gasteiger partial charge on any atom is 0.337 e. The molecule has 0 radical (unpaired) electrons. The molecule has 1 rings (SSSR count). The van der Waals surface area contributed by atoms with E-state index in [0.717, 1.165) is 0 Å². The first kappa shape index (κ1) is 14.8. The summed E-state index contributed by atoms with van der Waals surface area (Å²) in [5.41, 5.74) is 8.48. The van der Waals surface area contributed by atoms with Crippen molar-refractivity contribution in [3.05, 3.63) is 40.3 Å². The highest BCUT2D eigenvalue weighted by Gasteiger charge is 2.05. The molecule has 0 saturated carbocycles. The van der Waals surface area contributed by atoms with Crippen molar-refractivity contribution in [2.45, 2.75) is 0 Å². The van der Waals surface area contributed by atoms with E-state index in [1.54, 1.807) is 24.3 Å². The lowest BCUT2D eigenvalue weighted by Gasteiger charge is -2.07. The largest absolute Gasteiger partial charge is 0.491 e. The fraction of sp³-hybridized carbons (Fsp3) is 0.417. The molecular weight excluding hydrogens is 250 g/mol. The number of benzene rings is 1. The summed E-state index contributed by atoms with van der Waals surface area (Å²) >= 11 is 0. The van der Waals surface area contributed by atoms with Crippen LogP contribution in [0.2, 0.25) is 0 Å². The zero-order valence-corrected chi connectivity index (χ0v) is 10.6. The summed E-state index contributed by atoms with van der Waals surface area (Å²) in [6.07, 6.45) is 0. The minimum atomic E-state index is -0.406. The van der Waals surface area contributed by atoms with Crippen molar-refractivity contribution in [1.82, 2.24) is 0 Å². The molecule has 0 bridgehead atoms. The molecule has 19 heavy (non-hydrogen) atoms. The molecule has 0 unspecified atom stereocenters. The van der Waals surface area contributed by atoms with Gasteiger partial charge in [-0.2, -0.15) is 0 Å². The number of ether oxygens (including phenoxy) is 3. The maximum atomic E-state index is 11.3. The first-order valence-electron chi connectivity index (χ1n) is 5.67. The molecule has 102 valence electrons. The lowest BCUT2D eigenvalue weighted by atomic mass is 10.2. The number of carbonyl (C=O) groups excluding carboxylic acids is 1. The quantitative estimate of drug-likeness (QED) is 0.237. The Balaban J connectivity index is 2.29. The third kappa shape index (κ3) is 5.76. The van der Waals surface area contributed by atoms with E-state index in [4.69, 9.17) is 15.0 Å². The highest BCUT2D eigenvalue weighted by molar-refractivity contribution is 5.89. The number of azide groups is 1. The van der Waals surface area contributed by atoms with Crippen LogP contribution in [0, 0.1) is 0 Å². The molecule has 7 heteroatoms. The zero-order chi connectivity index (χ0) is 13.9. The Morgan fingerprint density at radius 1 is 1.37 bits per heavy atom. The van der Waals surface area contributed by atoms with E-state index < -0.39 is 5.97 Å². The van der Waals surface area contributed by atoms with Crippen molar-refractivity contribution in [3.63, 3.8) is 0 Å². The molecular formula is C12H15N3O4. The van der Waals surface area contributed by atoms with E-state index in [1.807, 2.05) is 0 Å². The third-order valence-corrected chi connectivity index (χ3v) is 2.15. The van der Waals surface area contributed by atoms with Crippen molar-refractivity contribution >= 4 is 5.97 Å². The van der Waals surface area contributed by atoms with Gasteiger partial charge in [-0.3, -0.25) is 0 Å². The second kappa shape index (κ2) is 8.79. The van der Waals surface area contributed by atoms with Gasteiger partial charge in [-0.25, -0.2) is 4.79 Å². The number of carbonyl (C=O) groups is 1. The van der Waals surface area contributed by atoms with E-state index in [-0.39, 0.29) is 0 Å². The molecule has 0 atom stereocenters. The van der Waals surface area contributed by atoms with Gasteiger partial charge in [0.1, 0.15) is 12.4 Å². The lowest BCUT2D eigenvalue weighted by molar-refractivity contribution is 0.0600. The summed E-state index contributed by atoms with van der Waals surface area (Å²) in [7, 11) is 1.33. The fourth-order valence-corrected chi connectivity index (χ4v) is 1.30. The molecule has 0 fully saturated rings. The second-order valence-corrected chi connectivity index (χ2v) is 3.43. The second-order valence-electron chi connectivity index (χ2n) is 3.43. The van der Waals surface area contributed by atoms with Gasteiger partial charge in [0.15, 0.2) is 0 Å². The monoisotopic (exact) mass is 265 g/mol. The first-order chi connectivity index (χ1) is 9.27. The van der Waals surface area contributed by atoms with Crippen molar-refractivity contribution in [3.8, 4) is 5.75 Å². The standard InChI is InChI=1S/C12H15N3O4/c1-17-12(16)10-3-2-4-11(9-10)19-8-7-18-6-5-14-15-13/h2-4,9H,5-8H2,1H3. The van der Waals surface area contributed by atoms with Crippen molar-refractivity contribution in [2.75, 3.05) is 33.5 Å². The minimum Gasteiger partial charge on any atom is -0.491 e. The van der Waals surface area contributed by atoms with E-state index >= 15 is 0 Å². The molecule has 0 aliphatic heterocycles. The highest BCUT2D eigenvalue weighted by Crippen LogP contribution is 2.13. The van der Waals surface area contributed by atoms with Crippen LogP contribution < -0.4 is 4.74 Å². The highest BCUT2D eigenvalue weighted by atomic mass is 16.5. The summed E-state index contributed by atoms with van der Waals surface area (Å²) in [5, 5.41) is 3.33. The summed E-state index contributed by atoms with van der Waals surface area (Å²) < 4.78 is 15.2. The van der Waals surface area contributed by atoms with Crippen molar-refractivity contribution < 1.29 is 19.0 Å². The van der Waals surface area contributed by atoms with Gasteiger partial charge in [-0.15, -0.1) is 0 Å². The van der Waals surface area contributed by atoms with Gasteiger partial charge in [0.05, 0.1) is 25.9 Å². The van der Waals surface area contributed by atoms with Crippen LogP contribution in [0.1, 0.15) is 10.4 Å². The van der Waals surface area contributed by atoms with Gasteiger partial charge in [-0.05, 0) is 23.7 Å². The topological polar surface area (TPSA) is 93.5 Å². The van der Waals surface area contributed by atoms with Crippen LogP contribution in [0.25, 0.3) is 10.4 Å². The van der Waals surface area contributed by atoms with Gasteiger partial charge in [0.2, 0.25) is 0 Å². The molecule has 0 aromatic heterocycles. The average Bonchev–Trinajstić information content (AvgIpc) is 2.46. The van der Waals surface area contributed by atoms with E-state index in [1.165, 1.54) is 7.11 Å². The van der Waals surface area contributed by atoms with Crippen molar-refractivity contribution in [2.24, 2.45) is 5.11 Å². The summed E-state index contributed by atoms with van der Waals surface area (Å²) in [5.74, 6) is 0.164.